The smallest absolute Gasteiger partial charge is 0.540 e. The zero-order chi connectivity index (χ0) is 99.0. The highest BCUT2D eigenvalue weighted by atomic mass is 31.2. The molecule has 18 aliphatic carbocycles. The van der Waals surface area contributed by atoms with E-state index in [1.165, 1.54) is 102 Å². The average molecular weight is 2180 g/mol. The van der Waals surface area contributed by atoms with Crippen LogP contribution in [0.3, 0.4) is 0 Å². The Morgan fingerprint density at radius 3 is 0.181 bits per heavy atom. The molecular weight excluding hydrogens is 1970 g/mol. The Morgan fingerprint density at radius 1 is 0.109 bits per heavy atom. The van der Waals surface area contributed by atoms with Gasteiger partial charge in [-0.1, -0.05) is 116 Å². The molecule has 30 heteroatoms. The molecule has 0 N–H and O–H groups in total. The van der Waals surface area contributed by atoms with Crippen molar-refractivity contribution in [1.82, 2.24) is 0 Å². The molecule has 6 unspecified atom stereocenters. The van der Waals surface area contributed by atoms with Gasteiger partial charge >= 0.3 is 50.0 Å². The predicted molar refractivity (Wildman–Crippen MR) is 586 cm³/mol. The summed E-state index contributed by atoms with van der Waals surface area (Å²) in [6, 6.07) is 0. The van der Waals surface area contributed by atoms with E-state index in [1.807, 2.05) is 0 Å². The van der Waals surface area contributed by atoms with E-state index in [0.29, 0.717) is 0 Å². The first-order chi connectivity index (χ1) is 67.1. The maximum Gasteiger partial charge on any atom is 0.540 e. The Bertz CT molecular complexity index is 2250. The van der Waals surface area contributed by atoms with Crippen LogP contribution in [0.15, 0.2) is 0 Å². The van der Waals surface area contributed by atoms with E-state index in [0.717, 1.165) is 0 Å². The van der Waals surface area contributed by atoms with E-state index >= 15 is 0 Å². The Hall–Kier alpha value is 2.52. The summed E-state index contributed by atoms with van der Waals surface area (Å²) in [5, 5.41) is 0. The number of halogens is 6. The van der Waals surface area contributed by atoms with Crippen LogP contribution in [-0.2, 0) is 27.4 Å². The summed E-state index contributed by atoms with van der Waals surface area (Å²) in [5.74, 6) is 0. The van der Waals surface area contributed by atoms with Crippen molar-refractivity contribution in [2.75, 3.05) is 0 Å². The van der Waals surface area contributed by atoms with Crippen LogP contribution in [0.2, 0.25) is 0 Å². The first-order valence-corrected chi connectivity index (χ1v) is 75.9. The van der Waals surface area contributed by atoms with Gasteiger partial charge in [0.15, 0.2) is 0 Å². The minimum absolute atomic E-state index is 0.0465. The predicted octanol–water partition coefficient (Wildman–Crippen LogP) is 37.0. The number of hydrogen-bond acceptors (Lipinski definition) is 12. The van der Waals surface area contributed by atoms with Crippen molar-refractivity contribution in [2.45, 2.75) is 680 Å². The molecule has 18 rings (SSSR count). The lowest BCUT2D eigenvalue weighted by molar-refractivity contribution is -0.175. The number of hydrogen-bond donors (Lipinski definition) is 0. The molecule has 0 spiro atoms. The molecule has 0 radical (unpaired) electrons. The Morgan fingerprint density at radius 2 is 0.145 bits per heavy atom. The van der Waals surface area contributed by atoms with Gasteiger partial charge in [0.2, 0.25) is 0 Å². The standard InChI is InChI=1S/6C18H33P.6FO2P/c6*1-4-10-16(11-5-1)19(17-12-6-2-7-13-17)18-14-8-3-9-15-18;6*1-4(2)3/h6*16-18H,1-15H2;;;;;;/p+6. The van der Waals surface area contributed by atoms with Crippen LogP contribution in [0.25, 0.3) is 0 Å². The monoisotopic (exact) mass is 2180 g/mol. The Kier molecular flexibility index (Phi) is 74.2. The molecule has 18 saturated carbocycles. The van der Waals surface area contributed by atoms with Gasteiger partial charge in [-0.25, -0.2) is 0 Å². The minimum Gasteiger partial charge on any atom is -0.562 e. The van der Waals surface area contributed by atoms with Gasteiger partial charge in [0.05, 0.1) is 127 Å². The van der Waals surface area contributed by atoms with E-state index in [1.54, 1.807) is 578 Å². The molecule has 18 fully saturated rings. The summed E-state index contributed by atoms with van der Waals surface area (Å²) in [6.07, 6.45) is 143. The topological polar surface area (TPSA) is 241 Å². The zero-order valence-electron chi connectivity index (χ0n) is 86.9. The molecule has 18 aliphatic rings. The largest absolute Gasteiger partial charge is 0.562 e. The van der Waals surface area contributed by atoms with E-state index in [4.69, 9.17) is 56.8 Å². The van der Waals surface area contributed by atoms with Gasteiger partial charge in [0, 0.05) is 47.5 Å². The van der Waals surface area contributed by atoms with E-state index in [9.17, 15) is 25.2 Å². The lowest BCUT2D eigenvalue weighted by atomic mass is 9.99. The van der Waals surface area contributed by atoms with Crippen LogP contribution in [0.5, 0.6) is 0 Å². The van der Waals surface area contributed by atoms with Crippen LogP contribution < -0.4 is 29.4 Å². The van der Waals surface area contributed by atoms with Gasteiger partial charge in [-0.3, -0.25) is 0 Å². The minimum atomic E-state index is -3.62. The Labute approximate surface area is 853 Å². The third-order valence-electron chi connectivity index (χ3n) is 37.4. The molecular formula is C108H204F6O12P12+6. The van der Waals surface area contributed by atoms with Crippen molar-refractivity contribution in [2.24, 2.45) is 0 Å². The normalized spacial score (nSPS) is 25.8. The van der Waals surface area contributed by atoms with Gasteiger partial charge in [0.25, 0.3) is 0 Å². The van der Waals surface area contributed by atoms with Crippen molar-refractivity contribution in [3.8, 4) is 0 Å². The molecule has 804 valence electrons. The molecule has 0 aromatic carbocycles. The fraction of sp³-hybridized carbons (Fsp3) is 1.00. The quantitative estimate of drug-likeness (QED) is 0.0919. The lowest BCUT2D eigenvalue weighted by Crippen LogP contribution is -2.28. The molecule has 0 heterocycles. The van der Waals surface area contributed by atoms with Crippen molar-refractivity contribution < 1.29 is 81.9 Å². The molecule has 0 aromatic rings. The van der Waals surface area contributed by atoms with Crippen LogP contribution in [0, 0.1) is 0 Å². The second-order valence-electron chi connectivity index (χ2n) is 46.3. The van der Waals surface area contributed by atoms with Crippen LogP contribution in [-0.4, -0.2) is 102 Å². The molecule has 0 aliphatic heterocycles. The highest BCUT2D eigenvalue weighted by Crippen LogP contribution is 2.68. The highest BCUT2D eigenvalue weighted by molar-refractivity contribution is 7.61. The summed E-state index contributed by atoms with van der Waals surface area (Å²) in [6.45, 7) is 0. The maximum absolute atomic E-state index is 9.95. The molecule has 6 atom stereocenters. The number of rotatable bonds is 18. The molecule has 138 heavy (non-hydrogen) atoms. The van der Waals surface area contributed by atoms with Crippen LogP contribution in [0.1, 0.15) is 578 Å². The molecule has 0 saturated heterocycles. The fourth-order valence-electron chi connectivity index (χ4n) is 31.8. The van der Waals surface area contributed by atoms with E-state index in [2.05, 4.69) is 0 Å². The second kappa shape index (κ2) is 80.4. The summed E-state index contributed by atoms with van der Waals surface area (Å²) < 4.78 is 110. The van der Waals surface area contributed by atoms with Gasteiger partial charge in [-0.2, -0.15) is 0 Å². The fourth-order valence-corrected chi connectivity index (χ4v) is 63.2. The third kappa shape index (κ3) is 54.9. The van der Waals surface area contributed by atoms with Crippen molar-refractivity contribution in [1.29, 1.82) is 0 Å². The van der Waals surface area contributed by atoms with Crippen molar-refractivity contribution in [3.63, 3.8) is 0 Å². The summed E-state index contributed by atoms with van der Waals surface area (Å²) in [4.78, 5) is 50.2. The van der Waals surface area contributed by atoms with Crippen LogP contribution >= 0.6 is 97.6 Å². The first-order valence-electron chi connectivity index (χ1n) is 59.1. The molecule has 0 aromatic heterocycles. The van der Waals surface area contributed by atoms with E-state index in [-0.39, 0.29) is 47.5 Å². The summed E-state index contributed by atoms with van der Waals surface area (Å²) >= 11 is 0. The molecule has 0 amide bonds. The SMILES string of the molecule is C1CCC([PH+](C2CCCCC2)C2CCCCC2)CC1.C1CCC([PH+](C2CCCCC2)C2CCCCC2)CC1.C1CCC([PH+](C2CCCCC2)C2CCCCC2)CC1.C1CCC([PH+](C2CCCCC2)C2CCCCC2)CC1.C1CCC([PH+](C2CCCCC2)C2CCCCC2)CC1.C1CCC([PH+](C2CCCCC2)C2CCCCC2)CC1.O=[P+]([O-])F.O=[P+]([O-])F.O=[P+]([O-])F.O=[P+]([O-])F.O=[P+]([O-])F.O=[P+]([O-])F. The van der Waals surface area contributed by atoms with Crippen molar-refractivity contribution >= 4 is 97.6 Å². The summed E-state index contributed by atoms with van der Waals surface area (Å²) in [5.41, 5.74) is 22.1. The van der Waals surface area contributed by atoms with Gasteiger partial charge in [-0.05, 0) is 490 Å². The Balaban J connectivity index is 0.000000215. The first kappa shape index (κ1) is 127. The summed E-state index contributed by atoms with van der Waals surface area (Å²) in [7, 11) is -22.0. The average Bonchev–Trinajstić information content (AvgIpc) is 0.848. The van der Waals surface area contributed by atoms with Gasteiger partial charge < -0.3 is 29.4 Å². The van der Waals surface area contributed by atoms with E-state index < -0.39 is 50.0 Å². The highest BCUT2D eigenvalue weighted by Gasteiger charge is 2.50. The van der Waals surface area contributed by atoms with Crippen molar-refractivity contribution in [3.05, 3.63) is 0 Å². The maximum atomic E-state index is 9.95. The zero-order valence-corrected chi connectivity index (χ0v) is 98.2. The molecule has 0 bridgehead atoms. The molecule has 12 nitrogen and oxygen atoms in total. The van der Waals surface area contributed by atoms with Gasteiger partial charge in [-0.15, -0.1) is 0 Å². The second-order valence-corrected chi connectivity index (χ2v) is 69.6. The van der Waals surface area contributed by atoms with Crippen LogP contribution in [0.4, 0.5) is 25.2 Å². The third-order valence-corrected chi connectivity index (χ3v) is 64.7. The van der Waals surface area contributed by atoms with Gasteiger partial charge in [0.1, 0.15) is 0 Å². The lowest BCUT2D eigenvalue weighted by Gasteiger charge is -2.38.